The molecule has 124 valence electrons. The Kier molecular flexibility index (Phi) is 4.69. The Morgan fingerprint density at radius 3 is 2.65 bits per heavy atom. The number of benzene rings is 1. The number of hydrogen-bond acceptors (Lipinski definition) is 2. The number of likely N-dealkylation sites (tertiary alicyclic amines) is 1. The van der Waals surface area contributed by atoms with Crippen molar-refractivity contribution in [3.8, 4) is 0 Å². The summed E-state index contributed by atoms with van der Waals surface area (Å²) < 4.78 is 0. The lowest BCUT2D eigenvalue weighted by Gasteiger charge is -2.31. The Morgan fingerprint density at radius 2 is 1.91 bits per heavy atom. The van der Waals surface area contributed by atoms with Gasteiger partial charge in [0.15, 0.2) is 0 Å². The Bertz CT molecular complexity index is 605. The zero-order chi connectivity index (χ0) is 16.4. The van der Waals surface area contributed by atoms with Crippen molar-refractivity contribution < 1.29 is 9.59 Å². The van der Waals surface area contributed by atoms with E-state index in [1.54, 1.807) is 0 Å². The number of carbonyl (C=O) groups is 2. The Morgan fingerprint density at radius 1 is 1.17 bits per heavy atom. The van der Waals surface area contributed by atoms with Crippen LogP contribution in [0.1, 0.15) is 49.7 Å². The number of amides is 2. The van der Waals surface area contributed by atoms with Gasteiger partial charge in [0.2, 0.25) is 11.8 Å². The van der Waals surface area contributed by atoms with Gasteiger partial charge in [0.25, 0.3) is 0 Å². The zero-order valence-corrected chi connectivity index (χ0v) is 14.1. The molecule has 1 aromatic carbocycles. The zero-order valence-electron chi connectivity index (χ0n) is 14.1. The fourth-order valence-electron chi connectivity index (χ4n) is 3.77. The maximum atomic E-state index is 12.6. The van der Waals surface area contributed by atoms with Gasteiger partial charge in [0.1, 0.15) is 0 Å². The summed E-state index contributed by atoms with van der Waals surface area (Å²) in [5.74, 6) is -0.0901. The van der Waals surface area contributed by atoms with Gasteiger partial charge in [-0.1, -0.05) is 31.4 Å². The van der Waals surface area contributed by atoms with E-state index in [1.807, 2.05) is 36.9 Å². The molecule has 0 radical (unpaired) electrons. The maximum absolute atomic E-state index is 12.6. The third kappa shape index (κ3) is 3.41. The van der Waals surface area contributed by atoms with Crippen LogP contribution in [0, 0.1) is 19.8 Å². The summed E-state index contributed by atoms with van der Waals surface area (Å²) in [6.07, 6.45) is 6.22. The third-order valence-corrected chi connectivity index (χ3v) is 5.41. The third-order valence-electron chi connectivity index (χ3n) is 5.41. The van der Waals surface area contributed by atoms with E-state index in [2.05, 4.69) is 5.32 Å². The van der Waals surface area contributed by atoms with Crippen molar-refractivity contribution in [1.29, 1.82) is 0 Å². The lowest BCUT2D eigenvalue weighted by molar-refractivity contribution is -0.130. The van der Waals surface area contributed by atoms with Crippen molar-refractivity contribution in [2.75, 3.05) is 11.9 Å². The number of aryl methyl sites for hydroxylation is 1. The fourth-order valence-corrected chi connectivity index (χ4v) is 3.77. The van der Waals surface area contributed by atoms with E-state index >= 15 is 0 Å². The van der Waals surface area contributed by atoms with Crippen molar-refractivity contribution >= 4 is 17.5 Å². The number of hydrogen-bond donors (Lipinski definition) is 1. The van der Waals surface area contributed by atoms with Crippen LogP contribution in [-0.2, 0) is 9.59 Å². The van der Waals surface area contributed by atoms with Crippen molar-refractivity contribution in [3.63, 3.8) is 0 Å². The molecule has 0 spiro atoms. The van der Waals surface area contributed by atoms with Gasteiger partial charge in [-0.15, -0.1) is 0 Å². The molecule has 3 rings (SSSR count). The number of carbonyl (C=O) groups excluding carboxylic acids is 2. The van der Waals surface area contributed by atoms with Gasteiger partial charge in [-0.2, -0.15) is 0 Å². The van der Waals surface area contributed by atoms with Gasteiger partial charge in [-0.25, -0.2) is 0 Å². The van der Waals surface area contributed by atoms with Gasteiger partial charge in [-0.05, 0) is 43.9 Å². The molecule has 1 saturated carbocycles. The minimum atomic E-state index is -0.218. The van der Waals surface area contributed by atoms with E-state index in [-0.39, 0.29) is 17.7 Å². The van der Waals surface area contributed by atoms with Crippen LogP contribution in [0.15, 0.2) is 18.2 Å². The highest BCUT2D eigenvalue weighted by atomic mass is 16.2. The predicted molar refractivity (Wildman–Crippen MR) is 91.2 cm³/mol. The monoisotopic (exact) mass is 314 g/mol. The van der Waals surface area contributed by atoms with Gasteiger partial charge in [0, 0.05) is 24.7 Å². The minimum Gasteiger partial charge on any atom is -0.339 e. The molecule has 1 saturated heterocycles. The smallest absolute Gasteiger partial charge is 0.229 e. The highest BCUT2D eigenvalue weighted by molar-refractivity contribution is 5.97. The van der Waals surface area contributed by atoms with Crippen molar-refractivity contribution in [2.45, 2.75) is 58.4 Å². The SMILES string of the molecule is Cc1cccc(NC(=O)[C@@H]2CC(=O)N(C3CCCCC3)C2)c1C. The number of nitrogens with zero attached hydrogens (tertiary/aromatic N) is 1. The average molecular weight is 314 g/mol. The van der Waals surface area contributed by atoms with E-state index in [0.29, 0.717) is 19.0 Å². The average Bonchev–Trinajstić information content (AvgIpc) is 2.95. The molecule has 1 aliphatic carbocycles. The first-order valence-electron chi connectivity index (χ1n) is 8.73. The first-order chi connectivity index (χ1) is 11.1. The van der Waals surface area contributed by atoms with Crippen molar-refractivity contribution in [2.24, 2.45) is 5.92 Å². The molecule has 0 bridgehead atoms. The first kappa shape index (κ1) is 16.0. The summed E-state index contributed by atoms with van der Waals surface area (Å²) in [5.41, 5.74) is 3.11. The first-order valence-corrected chi connectivity index (χ1v) is 8.73. The molecule has 1 atom stereocenters. The van der Waals surface area contributed by atoms with Gasteiger partial charge in [0.05, 0.1) is 5.92 Å². The molecular weight excluding hydrogens is 288 g/mol. The molecule has 1 aliphatic heterocycles. The summed E-state index contributed by atoms with van der Waals surface area (Å²) in [7, 11) is 0. The molecule has 1 heterocycles. The van der Waals surface area contributed by atoms with E-state index in [4.69, 9.17) is 0 Å². The summed E-state index contributed by atoms with van der Waals surface area (Å²) >= 11 is 0. The lowest BCUT2D eigenvalue weighted by atomic mass is 9.94. The molecule has 2 aliphatic rings. The molecular formula is C19H26N2O2. The highest BCUT2D eigenvalue weighted by Crippen LogP contribution is 2.29. The highest BCUT2D eigenvalue weighted by Gasteiger charge is 2.38. The molecule has 23 heavy (non-hydrogen) atoms. The number of nitrogens with one attached hydrogen (secondary N) is 1. The quantitative estimate of drug-likeness (QED) is 0.929. The van der Waals surface area contributed by atoms with Gasteiger partial charge < -0.3 is 10.2 Å². The topological polar surface area (TPSA) is 49.4 Å². The Hall–Kier alpha value is -1.84. The van der Waals surface area contributed by atoms with Crippen LogP contribution in [0.25, 0.3) is 0 Å². The Balaban J connectivity index is 1.64. The molecule has 2 amide bonds. The van der Waals surface area contributed by atoms with E-state index in [9.17, 15) is 9.59 Å². The second kappa shape index (κ2) is 6.73. The van der Waals surface area contributed by atoms with Crippen molar-refractivity contribution in [1.82, 2.24) is 4.90 Å². The second-order valence-electron chi connectivity index (χ2n) is 6.98. The summed E-state index contributed by atoms with van der Waals surface area (Å²) in [4.78, 5) is 26.8. The van der Waals surface area contributed by atoms with E-state index in [1.165, 1.54) is 19.3 Å². The maximum Gasteiger partial charge on any atom is 0.229 e. The van der Waals surface area contributed by atoms with Crippen LogP contribution in [0.2, 0.25) is 0 Å². The molecule has 4 nitrogen and oxygen atoms in total. The number of rotatable bonds is 3. The molecule has 1 aromatic rings. The van der Waals surface area contributed by atoms with Crippen LogP contribution in [0.4, 0.5) is 5.69 Å². The molecule has 2 fully saturated rings. The van der Waals surface area contributed by atoms with Crippen LogP contribution in [0.5, 0.6) is 0 Å². The van der Waals surface area contributed by atoms with E-state index in [0.717, 1.165) is 29.7 Å². The second-order valence-corrected chi connectivity index (χ2v) is 6.98. The molecule has 0 unspecified atom stereocenters. The fraction of sp³-hybridized carbons (Fsp3) is 0.579. The predicted octanol–water partition coefficient (Wildman–Crippen LogP) is 3.42. The molecule has 4 heteroatoms. The van der Waals surface area contributed by atoms with Gasteiger partial charge in [-0.3, -0.25) is 9.59 Å². The molecule has 0 aromatic heterocycles. The van der Waals surface area contributed by atoms with Gasteiger partial charge >= 0.3 is 0 Å². The van der Waals surface area contributed by atoms with Crippen LogP contribution in [-0.4, -0.2) is 29.3 Å². The van der Waals surface area contributed by atoms with Crippen LogP contribution in [0.3, 0.4) is 0 Å². The normalized spacial score (nSPS) is 22.4. The summed E-state index contributed by atoms with van der Waals surface area (Å²) in [6.45, 7) is 4.63. The lowest BCUT2D eigenvalue weighted by Crippen LogP contribution is -2.38. The Labute approximate surface area is 138 Å². The van der Waals surface area contributed by atoms with Crippen LogP contribution >= 0.6 is 0 Å². The summed E-state index contributed by atoms with van der Waals surface area (Å²) in [6, 6.07) is 6.27. The number of anilines is 1. The summed E-state index contributed by atoms with van der Waals surface area (Å²) in [5, 5.41) is 3.02. The standard InChI is InChI=1S/C19H26N2O2/c1-13-7-6-10-17(14(13)2)20-19(23)15-11-18(22)21(12-15)16-8-4-3-5-9-16/h6-7,10,15-16H,3-5,8-9,11-12H2,1-2H3,(H,20,23)/t15-/m1/s1. The minimum absolute atomic E-state index is 0.0228. The molecule has 1 N–H and O–H groups in total. The van der Waals surface area contributed by atoms with E-state index < -0.39 is 0 Å². The van der Waals surface area contributed by atoms with Crippen LogP contribution < -0.4 is 5.32 Å². The largest absolute Gasteiger partial charge is 0.339 e. The van der Waals surface area contributed by atoms with Crippen molar-refractivity contribution in [3.05, 3.63) is 29.3 Å².